The van der Waals surface area contributed by atoms with Crippen LogP contribution in [0.4, 0.5) is 0 Å². The summed E-state index contributed by atoms with van der Waals surface area (Å²) in [6.45, 7) is 1.87. The number of carboxylic acid groups (broad SMARTS) is 1. The zero-order valence-electron chi connectivity index (χ0n) is 9.97. The van der Waals surface area contributed by atoms with Gasteiger partial charge in [-0.3, -0.25) is 9.00 Å². The molecule has 0 heterocycles. The zero-order chi connectivity index (χ0) is 13.5. The molecule has 0 aromatic heterocycles. The molecule has 0 aliphatic carbocycles. The lowest BCUT2D eigenvalue weighted by molar-refractivity contribution is -0.140. The van der Waals surface area contributed by atoms with Gasteiger partial charge in [-0.25, -0.2) is 0 Å². The summed E-state index contributed by atoms with van der Waals surface area (Å²) >= 11 is 3.32. The van der Waals surface area contributed by atoms with E-state index in [-0.39, 0.29) is 5.75 Å². The van der Waals surface area contributed by atoms with E-state index in [9.17, 15) is 9.00 Å². The van der Waals surface area contributed by atoms with Crippen LogP contribution in [-0.2, 0) is 15.6 Å². The summed E-state index contributed by atoms with van der Waals surface area (Å²) < 4.78 is 17.9. The van der Waals surface area contributed by atoms with Crippen molar-refractivity contribution in [3.8, 4) is 5.75 Å². The molecule has 0 amide bonds. The van der Waals surface area contributed by atoms with E-state index in [1.807, 2.05) is 24.3 Å². The molecule has 18 heavy (non-hydrogen) atoms. The minimum absolute atomic E-state index is 0.166. The van der Waals surface area contributed by atoms with Crippen molar-refractivity contribution >= 4 is 32.7 Å². The number of rotatable bonds is 7. The van der Waals surface area contributed by atoms with Gasteiger partial charge in [0.05, 0.1) is 18.3 Å². The maximum absolute atomic E-state index is 11.6. The topological polar surface area (TPSA) is 63.6 Å². The van der Waals surface area contributed by atoms with Gasteiger partial charge in [0, 0.05) is 21.0 Å². The van der Waals surface area contributed by atoms with Crippen LogP contribution in [0.25, 0.3) is 0 Å². The third-order valence-corrected chi connectivity index (χ3v) is 4.27. The summed E-state index contributed by atoms with van der Waals surface area (Å²) in [6, 6.07) is 7.34. The van der Waals surface area contributed by atoms with Gasteiger partial charge in [-0.1, -0.05) is 22.9 Å². The zero-order valence-corrected chi connectivity index (χ0v) is 12.4. The van der Waals surface area contributed by atoms with Crippen LogP contribution in [0.2, 0.25) is 0 Å². The number of ether oxygens (including phenoxy) is 1. The number of aliphatic carboxylic acids is 1. The minimum Gasteiger partial charge on any atom is -0.493 e. The van der Waals surface area contributed by atoms with E-state index in [4.69, 9.17) is 9.84 Å². The number of benzene rings is 1. The largest absolute Gasteiger partial charge is 0.493 e. The fraction of sp³-hybridized carbons (Fsp3) is 0.417. The van der Waals surface area contributed by atoms with Crippen LogP contribution in [0.15, 0.2) is 28.7 Å². The Morgan fingerprint density at radius 1 is 1.44 bits per heavy atom. The quantitative estimate of drug-likeness (QED) is 0.830. The van der Waals surface area contributed by atoms with E-state index < -0.39 is 22.7 Å². The molecule has 2 atom stereocenters. The average molecular weight is 335 g/mol. The predicted molar refractivity (Wildman–Crippen MR) is 74.3 cm³/mol. The molecule has 0 saturated carbocycles. The molecule has 0 saturated heterocycles. The molecule has 0 radical (unpaired) electrons. The first-order valence-electron chi connectivity index (χ1n) is 5.45. The van der Waals surface area contributed by atoms with Crippen molar-refractivity contribution in [2.45, 2.75) is 6.92 Å². The molecule has 0 bridgehead atoms. The Bertz CT molecular complexity index is 419. The maximum Gasteiger partial charge on any atom is 0.307 e. The highest BCUT2D eigenvalue weighted by Crippen LogP contribution is 2.15. The predicted octanol–water partition coefficient (Wildman–Crippen LogP) is 2.30. The molecular weight excluding hydrogens is 320 g/mol. The van der Waals surface area contributed by atoms with E-state index in [2.05, 4.69) is 15.9 Å². The lowest BCUT2D eigenvalue weighted by Gasteiger charge is -2.08. The molecule has 6 heteroatoms. The SMILES string of the molecule is CC(CS(=O)CCOc1ccc(Br)cc1)C(=O)O. The molecule has 1 aromatic carbocycles. The number of halogens is 1. The first kappa shape index (κ1) is 15.2. The highest BCUT2D eigenvalue weighted by molar-refractivity contribution is 9.10. The second-order valence-corrected chi connectivity index (χ2v) is 6.39. The van der Waals surface area contributed by atoms with E-state index in [0.717, 1.165) is 4.47 Å². The molecule has 2 unspecified atom stereocenters. The third-order valence-electron chi connectivity index (χ3n) is 2.25. The summed E-state index contributed by atoms with van der Waals surface area (Å²) in [5.74, 6) is -0.288. The van der Waals surface area contributed by atoms with E-state index in [1.54, 1.807) is 6.92 Å². The van der Waals surface area contributed by atoms with Crippen molar-refractivity contribution < 1.29 is 18.8 Å². The molecule has 1 rings (SSSR count). The molecule has 0 fully saturated rings. The molecular formula is C12H15BrO4S. The summed E-state index contributed by atoms with van der Waals surface area (Å²) in [4.78, 5) is 10.6. The smallest absolute Gasteiger partial charge is 0.307 e. The van der Waals surface area contributed by atoms with Crippen LogP contribution < -0.4 is 4.74 Å². The van der Waals surface area contributed by atoms with Gasteiger partial charge in [0.1, 0.15) is 5.75 Å². The Kier molecular flexibility index (Phi) is 6.35. The average Bonchev–Trinajstić information content (AvgIpc) is 2.31. The summed E-state index contributed by atoms with van der Waals surface area (Å²) in [5.41, 5.74) is 0. The van der Waals surface area contributed by atoms with Gasteiger partial charge >= 0.3 is 5.97 Å². The van der Waals surface area contributed by atoms with E-state index in [0.29, 0.717) is 18.1 Å². The second-order valence-electron chi connectivity index (χ2n) is 3.85. The molecule has 100 valence electrons. The monoisotopic (exact) mass is 334 g/mol. The minimum atomic E-state index is -1.16. The van der Waals surface area contributed by atoms with Crippen LogP contribution in [-0.4, -0.2) is 33.4 Å². The Hall–Kier alpha value is -0.880. The highest BCUT2D eigenvalue weighted by Gasteiger charge is 2.14. The Labute approximate surface area is 117 Å². The normalized spacial score (nSPS) is 13.9. The van der Waals surface area contributed by atoms with Gasteiger partial charge in [-0.05, 0) is 24.3 Å². The van der Waals surface area contributed by atoms with Crippen LogP contribution in [0.5, 0.6) is 5.75 Å². The standard InChI is InChI=1S/C12H15BrO4S/c1-9(12(14)15)8-18(16)7-6-17-11-4-2-10(13)3-5-11/h2-5,9H,6-8H2,1H3,(H,14,15). The van der Waals surface area contributed by atoms with Crippen LogP contribution in [0.3, 0.4) is 0 Å². The van der Waals surface area contributed by atoms with Gasteiger partial charge in [-0.2, -0.15) is 0 Å². The molecule has 0 aliphatic heterocycles. The molecule has 1 aromatic rings. The Morgan fingerprint density at radius 3 is 2.61 bits per heavy atom. The van der Waals surface area contributed by atoms with Gasteiger partial charge < -0.3 is 9.84 Å². The summed E-state index contributed by atoms with van der Waals surface area (Å²) in [7, 11) is -1.16. The van der Waals surface area contributed by atoms with Gasteiger partial charge in [0.25, 0.3) is 0 Å². The van der Waals surface area contributed by atoms with Crippen LogP contribution in [0, 0.1) is 5.92 Å². The Balaban J connectivity index is 2.27. The summed E-state index contributed by atoms with van der Waals surface area (Å²) in [5, 5.41) is 8.69. The lowest BCUT2D eigenvalue weighted by atomic mass is 10.2. The lowest BCUT2D eigenvalue weighted by Crippen LogP contribution is -2.20. The number of carboxylic acids is 1. The van der Waals surface area contributed by atoms with Crippen molar-refractivity contribution in [1.82, 2.24) is 0 Å². The van der Waals surface area contributed by atoms with Crippen molar-refractivity contribution in [2.24, 2.45) is 5.92 Å². The van der Waals surface area contributed by atoms with E-state index in [1.165, 1.54) is 0 Å². The van der Waals surface area contributed by atoms with Crippen LogP contribution >= 0.6 is 15.9 Å². The van der Waals surface area contributed by atoms with Crippen molar-refractivity contribution in [3.05, 3.63) is 28.7 Å². The van der Waals surface area contributed by atoms with Crippen LogP contribution in [0.1, 0.15) is 6.92 Å². The van der Waals surface area contributed by atoms with Gasteiger partial charge in [0.15, 0.2) is 0 Å². The maximum atomic E-state index is 11.6. The van der Waals surface area contributed by atoms with E-state index >= 15 is 0 Å². The first-order valence-corrected chi connectivity index (χ1v) is 7.73. The number of carbonyl (C=O) groups is 1. The van der Waals surface area contributed by atoms with Crippen molar-refractivity contribution in [3.63, 3.8) is 0 Å². The number of hydrogen-bond donors (Lipinski definition) is 1. The fourth-order valence-corrected chi connectivity index (χ4v) is 2.62. The molecule has 0 aliphatic rings. The third kappa shape index (κ3) is 5.64. The Morgan fingerprint density at radius 2 is 2.06 bits per heavy atom. The molecule has 4 nitrogen and oxygen atoms in total. The van der Waals surface area contributed by atoms with Gasteiger partial charge in [0.2, 0.25) is 0 Å². The highest BCUT2D eigenvalue weighted by atomic mass is 79.9. The second kappa shape index (κ2) is 7.53. The van der Waals surface area contributed by atoms with Crippen molar-refractivity contribution in [1.29, 1.82) is 0 Å². The van der Waals surface area contributed by atoms with Crippen molar-refractivity contribution in [2.75, 3.05) is 18.1 Å². The fourth-order valence-electron chi connectivity index (χ4n) is 1.22. The molecule has 1 N–H and O–H groups in total. The van der Waals surface area contributed by atoms with Gasteiger partial charge in [-0.15, -0.1) is 0 Å². The summed E-state index contributed by atoms with van der Waals surface area (Å²) in [6.07, 6.45) is 0. The number of hydrogen-bond acceptors (Lipinski definition) is 3. The first-order chi connectivity index (χ1) is 8.49. The molecule has 0 spiro atoms.